The van der Waals surface area contributed by atoms with Crippen LogP contribution >= 0.6 is 0 Å². The second-order valence-electron chi connectivity index (χ2n) is 3.58. The topological polar surface area (TPSA) is 44.8 Å². The van der Waals surface area contributed by atoms with Crippen LogP contribution in [0.3, 0.4) is 0 Å². The first kappa shape index (κ1) is 12.5. The van der Waals surface area contributed by atoms with E-state index in [0.717, 1.165) is 25.9 Å². The van der Waals surface area contributed by atoms with E-state index in [1.165, 1.54) is 0 Å². The predicted octanol–water partition coefficient (Wildman–Crippen LogP) is 1.87. The molecule has 1 heterocycles. The van der Waals surface area contributed by atoms with Gasteiger partial charge in [-0.1, -0.05) is 6.92 Å². The smallest absolute Gasteiger partial charge is 0.335 e. The summed E-state index contributed by atoms with van der Waals surface area (Å²) in [5.74, 6) is -0.283. The molecule has 0 amide bonds. The van der Waals surface area contributed by atoms with Crippen LogP contribution in [0.15, 0.2) is 0 Å². The van der Waals surface area contributed by atoms with Gasteiger partial charge in [-0.05, 0) is 32.6 Å². The van der Waals surface area contributed by atoms with E-state index in [-0.39, 0.29) is 12.3 Å². The van der Waals surface area contributed by atoms with Crippen LogP contribution in [0.5, 0.6) is 0 Å². The highest BCUT2D eigenvalue weighted by Gasteiger charge is 2.24. The first-order chi connectivity index (χ1) is 7.27. The molecule has 1 aliphatic rings. The summed E-state index contributed by atoms with van der Waals surface area (Å²) < 4.78 is 15.9. The molecule has 0 saturated carbocycles. The van der Waals surface area contributed by atoms with Crippen molar-refractivity contribution in [2.45, 2.75) is 51.9 Å². The Morgan fingerprint density at radius 2 is 2.27 bits per heavy atom. The van der Waals surface area contributed by atoms with Gasteiger partial charge in [-0.2, -0.15) is 0 Å². The Morgan fingerprint density at radius 1 is 1.47 bits per heavy atom. The molecule has 1 saturated heterocycles. The largest absolute Gasteiger partial charge is 0.464 e. The molecule has 15 heavy (non-hydrogen) atoms. The molecule has 4 nitrogen and oxygen atoms in total. The fourth-order valence-corrected chi connectivity index (χ4v) is 1.56. The van der Waals surface area contributed by atoms with Crippen molar-refractivity contribution in [3.63, 3.8) is 0 Å². The maximum absolute atomic E-state index is 11.4. The van der Waals surface area contributed by atoms with Gasteiger partial charge in [-0.25, -0.2) is 4.79 Å². The zero-order chi connectivity index (χ0) is 11.1. The third-order valence-electron chi connectivity index (χ3n) is 2.37. The Balaban J connectivity index is 2.34. The monoisotopic (exact) mass is 216 g/mol. The molecular weight excluding hydrogens is 196 g/mol. The van der Waals surface area contributed by atoms with Gasteiger partial charge in [0.05, 0.1) is 6.61 Å². The zero-order valence-electron chi connectivity index (χ0n) is 9.53. The van der Waals surface area contributed by atoms with Crippen LogP contribution in [0.4, 0.5) is 0 Å². The molecule has 0 spiro atoms. The predicted molar refractivity (Wildman–Crippen MR) is 55.4 cm³/mol. The van der Waals surface area contributed by atoms with Crippen molar-refractivity contribution in [1.82, 2.24) is 0 Å². The van der Waals surface area contributed by atoms with Crippen molar-refractivity contribution in [2.24, 2.45) is 0 Å². The third-order valence-corrected chi connectivity index (χ3v) is 2.37. The molecule has 0 N–H and O–H groups in total. The molecule has 0 bridgehead atoms. The highest BCUT2D eigenvalue weighted by Crippen LogP contribution is 2.17. The minimum Gasteiger partial charge on any atom is -0.464 e. The first-order valence-electron chi connectivity index (χ1n) is 5.71. The molecule has 2 unspecified atom stereocenters. The normalized spacial score (nSPS) is 23.5. The molecule has 0 aromatic rings. The van der Waals surface area contributed by atoms with Crippen LogP contribution < -0.4 is 0 Å². The molecule has 1 rings (SSSR count). The van der Waals surface area contributed by atoms with E-state index in [1.54, 1.807) is 6.92 Å². The molecule has 4 heteroatoms. The van der Waals surface area contributed by atoms with E-state index < -0.39 is 6.10 Å². The second kappa shape index (κ2) is 6.80. The number of esters is 1. The highest BCUT2D eigenvalue weighted by molar-refractivity contribution is 5.74. The summed E-state index contributed by atoms with van der Waals surface area (Å²) in [7, 11) is 0. The van der Waals surface area contributed by atoms with E-state index in [1.807, 2.05) is 6.92 Å². The number of carbonyl (C=O) groups is 1. The van der Waals surface area contributed by atoms with Gasteiger partial charge in [0.1, 0.15) is 0 Å². The van der Waals surface area contributed by atoms with Crippen LogP contribution in [0.25, 0.3) is 0 Å². The summed E-state index contributed by atoms with van der Waals surface area (Å²) in [5, 5.41) is 0. The lowest BCUT2D eigenvalue weighted by Crippen LogP contribution is -2.33. The van der Waals surface area contributed by atoms with Gasteiger partial charge in [0.15, 0.2) is 12.4 Å². The van der Waals surface area contributed by atoms with Gasteiger partial charge in [0.2, 0.25) is 0 Å². The number of ether oxygens (including phenoxy) is 3. The standard InChI is InChI=1S/C11H20O4/c1-3-9(11(12)13-4-2)15-10-7-5-6-8-14-10/h9-10H,3-8H2,1-2H3. The number of hydrogen-bond donors (Lipinski definition) is 0. The van der Waals surface area contributed by atoms with Gasteiger partial charge in [0, 0.05) is 6.61 Å². The second-order valence-corrected chi connectivity index (χ2v) is 3.58. The summed E-state index contributed by atoms with van der Waals surface area (Å²) in [6.45, 7) is 4.82. The molecule has 0 aromatic heterocycles. The van der Waals surface area contributed by atoms with E-state index in [4.69, 9.17) is 14.2 Å². The van der Waals surface area contributed by atoms with E-state index in [0.29, 0.717) is 13.0 Å². The Kier molecular flexibility index (Phi) is 5.65. The maximum Gasteiger partial charge on any atom is 0.335 e. The summed E-state index contributed by atoms with van der Waals surface area (Å²) in [5.41, 5.74) is 0. The van der Waals surface area contributed by atoms with Crippen molar-refractivity contribution in [1.29, 1.82) is 0 Å². The van der Waals surface area contributed by atoms with Gasteiger partial charge in [-0.15, -0.1) is 0 Å². The Bertz CT molecular complexity index is 187. The third kappa shape index (κ3) is 4.18. The van der Waals surface area contributed by atoms with Crippen LogP contribution in [0.2, 0.25) is 0 Å². The average molecular weight is 216 g/mol. The molecule has 0 radical (unpaired) electrons. The molecule has 0 aromatic carbocycles. The van der Waals surface area contributed by atoms with Crippen LogP contribution in [-0.4, -0.2) is 31.6 Å². The summed E-state index contributed by atoms with van der Waals surface area (Å²) in [4.78, 5) is 11.4. The van der Waals surface area contributed by atoms with E-state index in [9.17, 15) is 4.79 Å². The molecule has 88 valence electrons. The molecule has 0 aliphatic carbocycles. The van der Waals surface area contributed by atoms with Crippen molar-refractivity contribution in [3.05, 3.63) is 0 Å². The summed E-state index contributed by atoms with van der Waals surface area (Å²) in [6, 6.07) is 0. The van der Waals surface area contributed by atoms with E-state index >= 15 is 0 Å². The Morgan fingerprint density at radius 3 is 2.80 bits per heavy atom. The fourth-order valence-electron chi connectivity index (χ4n) is 1.56. The maximum atomic E-state index is 11.4. The average Bonchev–Trinajstić information content (AvgIpc) is 2.27. The summed E-state index contributed by atoms with van der Waals surface area (Å²) in [6.07, 6.45) is 2.97. The molecule has 1 fully saturated rings. The van der Waals surface area contributed by atoms with Gasteiger partial charge in [-0.3, -0.25) is 0 Å². The van der Waals surface area contributed by atoms with Crippen LogP contribution in [0.1, 0.15) is 39.5 Å². The quantitative estimate of drug-likeness (QED) is 0.658. The van der Waals surface area contributed by atoms with Crippen molar-refractivity contribution < 1.29 is 19.0 Å². The van der Waals surface area contributed by atoms with Crippen LogP contribution in [0, 0.1) is 0 Å². The highest BCUT2D eigenvalue weighted by atomic mass is 16.7. The minimum absolute atomic E-state index is 0.229. The number of hydrogen-bond acceptors (Lipinski definition) is 4. The molecule has 2 atom stereocenters. The van der Waals surface area contributed by atoms with Gasteiger partial charge < -0.3 is 14.2 Å². The molecular formula is C11H20O4. The van der Waals surface area contributed by atoms with Crippen molar-refractivity contribution in [2.75, 3.05) is 13.2 Å². The van der Waals surface area contributed by atoms with Crippen LogP contribution in [-0.2, 0) is 19.0 Å². The number of carbonyl (C=O) groups excluding carboxylic acids is 1. The molecule has 1 aliphatic heterocycles. The SMILES string of the molecule is CCOC(=O)C(CC)OC1CCCCO1. The van der Waals surface area contributed by atoms with Gasteiger partial charge >= 0.3 is 5.97 Å². The lowest BCUT2D eigenvalue weighted by atomic mass is 10.2. The summed E-state index contributed by atoms with van der Waals surface area (Å²) >= 11 is 0. The Labute approximate surface area is 90.9 Å². The first-order valence-corrected chi connectivity index (χ1v) is 5.71. The fraction of sp³-hybridized carbons (Fsp3) is 0.909. The number of rotatable bonds is 5. The lowest BCUT2D eigenvalue weighted by Gasteiger charge is -2.26. The van der Waals surface area contributed by atoms with Gasteiger partial charge in [0.25, 0.3) is 0 Å². The van der Waals surface area contributed by atoms with Crippen molar-refractivity contribution in [3.8, 4) is 0 Å². The van der Waals surface area contributed by atoms with Crippen molar-refractivity contribution >= 4 is 5.97 Å². The zero-order valence-corrected chi connectivity index (χ0v) is 9.53. The minimum atomic E-state index is -0.479. The Hall–Kier alpha value is -0.610. The van der Waals surface area contributed by atoms with E-state index in [2.05, 4.69) is 0 Å². The lowest BCUT2D eigenvalue weighted by molar-refractivity contribution is -0.203.